The van der Waals surface area contributed by atoms with Crippen molar-refractivity contribution in [2.75, 3.05) is 0 Å². The molecule has 0 saturated carbocycles. The van der Waals surface area contributed by atoms with Crippen LogP contribution in [-0.4, -0.2) is 29.9 Å². The van der Waals surface area contributed by atoms with E-state index in [0.717, 1.165) is 11.1 Å². The SMILES string of the molecule is C[C@H]1C[C@H](OC(=O)CCC(=O)c2ccc(-c3ccccc3)cc2)C(=O)O1. The van der Waals surface area contributed by atoms with Crippen LogP contribution >= 0.6 is 0 Å². The molecule has 0 radical (unpaired) electrons. The summed E-state index contributed by atoms with van der Waals surface area (Å²) >= 11 is 0. The van der Waals surface area contributed by atoms with Crippen LogP contribution in [0.3, 0.4) is 0 Å². The van der Waals surface area contributed by atoms with Crippen molar-refractivity contribution in [3.05, 3.63) is 60.2 Å². The van der Waals surface area contributed by atoms with Gasteiger partial charge in [-0.2, -0.15) is 0 Å². The summed E-state index contributed by atoms with van der Waals surface area (Å²) in [5.41, 5.74) is 2.65. The topological polar surface area (TPSA) is 69.7 Å². The first-order valence-corrected chi connectivity index (χ1v) is 8.61. The molecule has 1 heterocycles. The number of ketones is 1. The Balaban J connectivity index is 1.52. The average Bonchev–Trinajstić information content (AvgIpc) is 2.97. The highest BCUT2D eigenvalue weighted by Crippen LogP contribution is 2.21. The summed E-state index contributed by atoms with van der Waals surface area (Å²) in [6, 6.07) is 17.2. The third-order valence-electron chi connectivity index (χ3n) is 4.27. The van der Waals surface area contributed by atoms with Gasteiger partial charge in [0, 0.05) is 18.4 Å². The molecule has 2 aromatic carbocycles. The Morgan fingerprint density at radius 2 is 1.65 bits per heavy atom. The molecule has 0 N–H and O–H groups in total. The molecule has 0 spiro atoms. The molecule has 5 nitrogen and oxygen atoms in total. The second kappa shape index (κ2) is 7.95. The molecule has 2 atom stereocenters. The van der Waals surface area contributed by atoms with E-state index in [1.54, 1.807) is 19.1 Å². The molecule has 0 aromatic heterocycles. The first-order chi connectivity index (χ1) is 12.5. The molecule has 0 bridgehead atoms. The van der Waals surface area contributed by atoms with Gasteiger partial charge in [0.05, 0.1) is 6.42 Å². The number of cyclic esters (lactones) is 1. The standard InChI is InChI=1S/C21H20O5/c1-14-13-19(21(24)25-14)26-20(23)12-11-18(22)17-9-7-16(8-10-17)15-5-3-2-4-6-15/h2-10,14,19H,11-13H2,1H3/t14-,19-/m0/s1. The Hall–Kier alpha value is -2.95. The summed E-state index contributed by atoms with van der Waals surface area (Å²) < 4.78 is 10.0. The number of rotatable bonds is 6. The van der Waals surface area contributed by atoms with Crippen molar-refractivity contribution in [1.29, 1.82) is 0 Å². The molecular weight excluding hydrogens is 332 g/mol. The van der Waals surface area contributed by atoms with Gasteiger partial charge in [0.1, 0.15) is 6.10 Å². The highest BCUT2D eigenvalue weighted by atomic mass is 16.6. The van der Waals surface area contributed by atoms with Gasteiger partial charge in [0.15, 0.2) is 5.78 Å². The monoisotopic (exact) mass is 352 g/mol. The molecule has 1 fully saturated rings. The molecular formula is C21H20O5. The quantitative estimate of drug-likeness (QED) is 0.587. The summed E-state index contributed by atoms with van der Waals surface area (Å²) in [7, 11) is 0. The number of ether oxygens (including phenoxy) is 2. The summed E-state index contributed by atoms with van der Waals surface area (Å²) in [6.07, 6.45) is -0.750. The van der Waals surface area contributed by atoms with E-state index in [2.05, 4.69) is 0 Å². The predicted octanol–water partition coefficient (Wildman–Crippen LogP) is 3.56. The molecule has 1 saturated heterocycles. The second-order valence-corrected chi connectivity index (χ2v) is 6.33. The third-order valence-corrected chi connectivity index (χ3v) is 4.27. The normalized spacial score (nSPS) is 19.0. The molecule has 134 valence electrons. The number of hydrogen-bond donors (Lipinski definition) is 0. The van der Waals surface area contributed by atoms with E-state index in [4.69, 9.17) is 9.47 Å². The lowest BCUT2D eigenvalue weighted by molar-refractivity contribution is -0.160. The van der Waals surface area contributed by atoms with Crippen LogP contribution in [0.5, 0.6) is 0 Å². The lowest BCUT2D eigenvalue weighted by Gasteiger charge is -2.08. The van der Waals surface area contributed by atoms with Crippen molar-refractivity contribution in [2.24, 2.45) is 0 Å². The van der Waals surface area contributed by atoms with Gasteiger partial charge in [0.25, 0.3) is 0 Å². The van der Waals surface area contributed by atoms with Crippen molar-refractivity contribution >= 4 is 17.7 Å². The van der Waals surface area contributed by atoms with Crippen LogP contribution in [0.4, 0.5) is 0 Å². The molecule has 2 aromatic rings. The zero-order chi connectivity index (χ0) is 18.5. The highest BCUT2D eigenvalue weighted by molar-refractivity contribution is 5.98. The molecule has 0 amide bonds. The molecule has 0 aliphatic carbocycles. The lowest BCUT2D eigenvalue weighted by atomic mass is 10.0. The molecule has 0 unspecified atom stereocenters. The molecule has 1 aliphatic rings. The van der Waals surface area contributed by atoms with E-state index in [0.29, 0.717) is 12.0 Å². The highest BCUT2D eigenvalue weighted by Gasteiger charge is 2.34. The number of carbonyl (C=O) groups excluding carboxylic acids is 3. The molecule has 1 aliphatic heterocycles. The van der Waals surface area contributed by atoms with E-state index in [9.17, 15) is 14.4 Å². The predicted molar refractivity (Wildman–Crippen MR) is 95.5 cm³/mol. The van der Waals surface area contributed by atoms with Gasteiger partial charge in [0.2, 0.25) is 6.10 Å². The van der Waals surface area contributed by atoms with Crippen molar-refractivity contribution in [1.82, 2.24) is 0 Å². The van der Waals surface area contributed by atoms with Gasteiger partial charge in [-0.1, -0.05) is 54.6 Å². The van der Waals surface area contributed by atoms with Gasteiger partial charge in [-0.25, -0.2) is 4.79 Å². The van der Waals surface area contributed by atoms with Crippen LogP contribution in [0.25, 0.3) is 11.1 Å². The van der Waals surface area contributed by atoms with E-state index >= 15 is 0 Å². The fraction of sp³-hybridized carbons (Fsp3) is 0.286. The molecule has 26 heavy (non-hydrogen) atoms. The summed E-state index contributed by atoms with van der Waals surface area (Å²) in [6.45, 7) is 1.74. The van der Waals surface area contributed by atoms with Gasteiger partial charge >= 0.3 is 11.9 Å². The van der Waals surface area contributed by atoms with Crippen LogP contribution < -0.4 is 0 Å². The van der Waals surface area contributed by atoms with Gasteiger partial charge < -0.3 is 9.47 Å². The smallest absolute Gasteiger partial charge is 0.347 e. The van der Waals surface area contributed by atoms with Crippen molar-refractivity contribution in [3.8, 4) is 11.1 Å². The van der Waals surface area contributed by atoms with E-state index in [-0.39, 0.29) is 24.7 Å². The number of carbonyl (C=O) groups is 3. The fourth-order valence-electron chi connectivity index (χ4n) is 2.87. The van der Waals surface area contributed by atoms with Crippen LogP contribution in [0, 0.1) is 0 Å². The zero-order valence-corrected chi connectivity index (χ0v) is 14.5. The van der Waals surface area contributed by atoms with Gasteiger partial charge in [-0.3, -0.25) is 9.59 Å². The largest absolute Gasteiger partial charge is 0.460 e. The summed E-state index contributed by atoms with van der Waals surface area (Å²) in [4.78, 5) is 35.6. The van der Waals surface area contributed by atoms with Crippen molar-refractivity contribution in [2.45, 2.75) is 38.4 Å². The Morgan fingerprint density at radius 3 is 2.27 bits per heavy atom. The van der Waals surface area contributed by atoms with E-state index in [1.807, 2.05) is 42.5 Å². The lowest BCUT2D eigenvalue weighted by Crippen LogP contribution is -2.23. The van der Waals surface area contributed by atoms with Crippen LogP contribution in [0.2, 0.25) is 0 Å². The Morgan fingerprint density at radius 1 is 1.00 bits per heavy atom. The Kier molecular flexibility index (Phi) is 5.46. The first kappa shape index (κ1) is 17.9. The van der Waals surface area contributed by atoms with Crippen LogP contribution in [0.1, 0.15) is 36.5 Å². The number of Topliss-reactive ketones (excluding diaryl/α,β-unsaturated/α-hetero) is 1. The maximum Gasteiger partial charge on any atom is 0.347 e. The minimum absolute atomic E-state index is 0.0425. The van der Waals surface area contributed by atoms with Gasteiger partial charge in [-0.15, -0.1) is 0 Å². The Bertz CT molecular complexity index is 795. The van der Waals surface area contributed by atoms with Crippen molar-refractivity contribution < 1.29 is 23.9 Å². The zero-order valence-electron chi connectivity index (χ0n) is 14.5. The second-order valence-electron chi connectivity index (χ2n) is 6.33. The number of benzene rings is 2. The third kappa shape index (κ3) is 4.36. The summed E-state index contributed by atoms with van der Waals surface area (Å²) in [5, 5.41) is 0. The van der Waals surface area contributed by atoms with E-state index < -0.39 is 18.0 Å². The first-order valence-electron chi connectivity index (χ1n) is 8.61. The minimum Gasteiger partial charge on any atom is -0.460 e. The van der Waals surface area contributed by atoms with Crippen LogP contribution in [0.15, 0.2) is 54.6 Å². The van der Waals surface area contributed by atoms with E-state index in [1.165, 1.54) is 0 Å². The van der Waals surface area contributed by atoms with Crippen molar-refractivity contribution in [3.63, 3.8) is 0 Å². The maximum atomic E-state index is 12.3. The summed E-state index contributed by atoms with van der Waals surface area (Å²) in [5.74, 6) is -1.21. The minimum atomic E-state index is -0.849. The number of esters is 2. The number of hydrogen-bond acceptors (Lipinski definition) is 5. The van der Waals surface area contributed by atoms with Gasteiger partial charge in [-0.05, 0) is 18.1 Å². The Labute approximate surface area is 151 Å². The maximum absolute atomic E-state index is 12.3. The molecule has 3 rings (SSSR count). The average molecular weight is 352 g/mol. The fourth-order valence-corrected chi connectivity index (χ4v) is 2.87. The van der Waals surface area contributed by atoms with Crippen LogP contribution in [-0.2, 0) is 19.1 Å². The molecule has 5 heteroatoms.